The molecule has 1 aromatic carbocycles. The Bertz CT molecular complexity index is 680. The van der Waals surface area contributed by atoms with Crippen molar-refractivity contribution in [1.29, 1.82) is 0 Å². The molecule has 0 aromatic heterocycles. The van der Waals surface area contributed by atoms with E-state index < -0.39 is 17.6 Å². The van der Waals surface area contributed by atoms with Crippen LogP contribution in [0.5, 0.6) is 5.75 Å². The van der Waals surface area contributed by atoms with Gasteiger partial charge < -0.3 is 4.74 Å². The van der Waals surface area contributed by atoms with Gasteiger partial charge in [0, 0.05) is 17.9 Å². The Morgan fingerprint density at radius 3 is 2.31 bits per heavy atom. The van der Waals surface area contributed by atoms with E-state index in [4.69, 9.17) is 4.74 Å². The second kappa shape index (κ2) is 10.5. The molecule has 4 heteroatoms. The first-order chi connectivity index (χ1) is 14.0. The number of carbonyl (C=O) groups is 1. The largest absolute Gasteiger partial charge is 0.491 e. The summed E-state index contributed by atoms with van der Waals surface area (Å²) in [5.74, 6) is -0.483. The van der Waals surface area contributed by atoms with Gasteiger partial charge in [-0.05, 0) is 56.4 Å². The molecule has 0 saturated heterocycles. The first kappa shape index (κ1) is 22.2. The lowest BCUT2D eigenvalue weighted by molar-refractivity contribution is -0.124. The molecule has 2 unspecified atom stereocenters. The van der Waals surface area contributed by atoms with Gasteiger partial charge in [0.05, 0.1) is 6.61 Å². The Balaban J connectivity index is 1.55. The first-order valence-electron chi connectivity index (χ1n) is 11.7. The molecule has 29 heavy (non-hydrogen) atoms. The fourth-order valence-corrected chi connectivity index (χ4v) is 5.49. The lowest BCUT2D eigenvalue weighted by Crippen LogP contribution is -2.30. The van der Waals surface area contributed by atoms with Crippen LogP contribution in [0.1, 0.15) is 96.0 Å². The first-order valence-corrected chi connectivity index (χ1v) is 11.7. The van der Waals surface area contributed by atoms with Crippen molar-refractivity contribution in [1.82, 2.24) is 0 Å². The molecule has 162 valence electrons. The van der Waals surface area contributed by atoms with Crippen molar-refractivity contribution < 1.29 is 18.3 Å². The van der Waals surface area contributed by atoms with E-state index in [9.17, 15) is 13.6 Å². The van der Waals surface area contributed by atoms with E-state index in [-0.39, 0.29) is 23.7 Å². The zero-order valence-electron chi connectivity index (χ0n) is 18.0. The van der Waals surface area contributed by atoms with E-state index in [1.54, 1.807) is 6.92 Å². The van der Waals surface area contributed by atoms with Gasteiger partial charge in [-0.15, -0.1) is 0 Å². The molecule has 1 aromatic rings. The van der Waals surface area contributed by atoms with Gasteiger partial charge in [-0.3, -0.25) is 4.79 Å². The van der Waals surface area contributed by atoms with Crippen molar-refractivity contribution in [2.45, 2.75) is 90.4 Å². The Morgan fingerprint density at radius 1 is 0.931 bits per heavy atom. The molecule has 0 aliphatic heterocycles. The van der Waals surface area contributed by atoms with Crippen LogP contribution in [0.2, 0.25) is 0 Å². The van der Waals surface area contributed by atoms with Crippen molar-refractivity contribution in [3.8, 4) is 5.75 Å². The number of hydrogen-bond acceptors (Lipinski definition) is 2. The third kappa shape index (κ3) is 5.38. The second-order valence-electron chi connectivity index (χ2n) is 9.05. The zero-order valence-corrected chi connectivity index (χ0v) is 18.0. The van der Waals surface area contributed by atoms with Crippen molar-refractivity contribution >= 4 is 5.78 Å². The topological polar surface area (TPSA) is 26.3 Å². The normalized spacial score (nSPS) is 27.8. The average Bonchev–Trinajstić information content (AvgIpc) is 2.73. The molecule has 2 nitrogen and oxygen atoms in total. The molecule has 0 bridgehead atoms. The summed E-state index contributed by atoms with van der Waals surface area (Å²) in [4.78, 5) is 12.8. The van der Waals surface area contributed by atoms with Gasteiger partial charge in [0.1, 0.15) is 5.78 Å². The summed E-state index contributed by atoms with van der Waals surface area (Å²) in [7, 11) is 0. The van der Waals surface area contributed by atoms with E-state index in [2.05, 4.69) is 6.92 Å². The SMILES string of the molecule is CCCCCC1CCC(C2CCC(c3ccc(OCC)c(F)c3F)C(=O)C2)CC1. The second-order valence-corrected chi connectivity index (χ2v) is 9.05. The quantitative estimate of drug-likeness (QED) is 0.427. The van der Waals surface area contributed by atoms with Crippen molar-refractivity contribution in [3.63, 3.8) is 0 Å². The number of unbranched alkanes of at least 4 members (excludes halogenated alkanes) is 2. The number of halogens is 2. The summed E-state index contributed by atoms with van der Waals surface area (Å²) < 4.78 is 33.9. The summed E-state index contributed by atoms with van der Waals surface area (Å²) in [6.07, 6.45) is 12.4. The average molecular weight is 407 g/mol. The fourth-order valence-electron chi connectivity index (χ4n) is 5.49. The van der Waals surface area contributed by atoms with Gasteiger partial charge in [0.15, 0.2) is 11.6 Å². The van der Waals surface area contributed by atoms with E-state index in [1.165, 1.54) is 63.5 Å². The van der Waals surface area contributed by atoms with Gasteiger partial charge >= 0.3 is 0 Å². The van der Waals surface area contributed by atoms with Gasteiger partial charge in [0.25, 0.3) is 0 Å². The number of carbonyl (C=O) groups excluding carboxylic acids is 1. The molecule has 0 amide bonds. The van der Waals surface area contributed by atoms with Crippen LogP contribution in [0.3, 0.4) is 0 Å². The summed E-state index contributed by atoms with van der Waals surface area (Å²) >= 11 is 0. The predicted molar refractivity (Wildman–Crippen MR) is 112 cm³/mol. The Kier molecular flexibility index (Phi) is 8.08. The number of ketones is 1. The van der Waals surface area contributed by atoms with Gasteiger partial charge in [0.2, 0.25) is 5.82 Å². The Labute approximate surface area is 174 Å². The Hall–Kier alpha value is -1.45. The highest BCUT2D eigenvalue weighted by atomic mass is 19.2. The monoisotopic (exact) mass is 406 g/mol. The summed E-state index contributed by atoms with van der Waals surface area (Å²) in [6.45, 7) is 4.26. The summed E-state index contributed by atoms with van der Waals surface area (Å²) in [5, 5.41) is 0. The molecule has 2 aliphatic carbocycles. The highest BCUT2D eigenvalue weighted by Crippen LogP contribution is 2.44. The number of ether oxygens (including phenoxy) is 1. The molecule has 3 rings (SSSR count). The third-order valence-corrected chi connectivity index (χ3v) is 7.20. The number of hydrogen-bond donors (Lipinski definition) is 0. The minimum Gasteiger partial charge on any atom is -0.491 e. The highest BCUT2D eigenvalue weighted by Gasteiger charge is 2.36. The molecule has 0 radical (unpaired) electrons. The molecule has 0 N–H and O–H groups in total. The lowest BCUT2D eigenvalue weighted by atomic mass is 9.67. The van der Waals surface area contributed by atoms with E-state index in [0.717, 1.165) is 12.3 Å². The smallest absolute Gasteiger partial charge is 0.200 e. The number of benzene rings is 1. The van der Waals surface area contributed by atoms with Crippen LogP contribution in [0.15, 0.2) is 12.1 Å². The lowest BCUT2D eigenvalue weighted by Gasteiger charge is -2.37. The van der Waals surface area contributed by atoms with Crippen LogP contribution in [0, 0.1) is 29.4 Å². The van der Waals surface area contributed by atoms with Crippen LogP contribution in [0.4, 0.5) is 8.78 Å². The highest BCUT2D eigenvalue weighted by molar-refractivity contribution is 5.86. The number of Topliss-reactive ketones (excluding diaryl/α,β-unsaturated/α-hetero) is 1. The minimum atomic E-state index is -0.972. The zero-order chi connectivity index (χ0) is 20.8. The maximum atomic E-state index is 14.6. The van der Waals surface area contributed by atoms with E-state index in [1.807, 2.05) is 0 Å². The van der Waals surface area contributed by atoms with Gasteiger partial charge in [-0.25, -0.2) is 4.39 Å². The molecule has 2 saturated carbocycles. The molecule has 0 spiro atoms. The van der Waals surface area contributed by atoms with Crippen molar-refractivity contribution in [2.75, 3.05) is 6.61 Å². The minimum absolute atomic E-state index is 0.0776. The molecule has 0 heterocycles. The number of rotatable bonds is 8. The van der Waals surface area contributed by atoms with Crippen molar-refractivity contribution in [2.24, 2.45) is 17.8 Å². The van der Waals surface area contributed by atoms with Crippen LogP contribution in [0.25, 0.3) is 0 Å². The maximum Gasteiger partial charge on any atom is 0.200 e. The molecule has 2 fully saturated rings. The van der Waals surface area contributed by atoms with Crippen molar-refractivity contribution in [3.05, 3.63) is 29.3 Å². The standard InChI is InChI=1S/C25H36F2O2/c1-3-5-6-7-17-8-10-18(11-9-17)19-12-13-20(22(28)16-19)21-14-15-23(29-4-2)25(27)24(21)26/h14-15,17-20H,3-13,16H2,1-2H3. The van der Waals surface area contributed by atoms with Crippen LogP contribution < -0.4 is 4.74 Å². The predicted octanol–water partition coefficient (Wildman–Crippen LogP) is 7.20. The third-order valence-electron chi connectivity index (χ3n) is 7.20. The van der Waals surface area contributed by atoms with Gasteiger partial charge in [-0.1, -0.05) is 51.5 Å². The van der Waals surface area contributed by atoms with E-state index in [0.29, 0.717) is 24.7 Å². The van der Waals surface area contributed by atoms with Crippen LogP contribution in [-0.2, 0) is 4.79 Å². The van der Waals surface area contributed by atoms with Crippen LogP contribution >= 0.6 is 0 Å². The molecular weight excluding hydrogens is 370 g/mol. The Morgan fingerprint density at radius 2 is 1.66 bits per heavy atom. The fraction of sp³-hybridized carbons (Fsp3) is 0.720. The van der Waals surface area contributed by atoms with Crippen LogP contribution in [-0.4, -0.2) is 12.4 Å². The molecule has 2 aliphatic rings. The van der Waals surface area contributed by atoms with E-state index >= 15 is 0 Å². The summed E-state index contributed by atoms with van der Waals surface area (Å²) in [5.41, 5.74) is 0.203. The summed E-state index contributed by atoms with van der Waals surface area (Å²) in [6, 6.07) is 2.99. The molecular formula is C25H36F2O2. The van der Waals surface area contributed by atoms with Gasteiger partial charge in [-0.2, -0.15) is 4.39 Å². The molecule has 2 atom stereocenters. The maximum absolute atomic E-state index is 14.6.